The number of hydrogen-bond acceptors (Lipinski definition) is 3. The Morgan fingerprint density at radius 3 is 2.53 bits per heavy atom. The van der Waals surface area contributed by atoms with E-state index in [9.17, 15) is 4.79 Å². The maximum absolute atomic E-state index is 11.2. The molecule has 5 nitrogen and oxygen atoms in total. The SMILES string of the molecule is CCOC(=O)C(C)NC(N)=NCC(C)C. The van der Waals surface area contributed by atoms with Gasteiger partial charge >= 0.3 is 5.97 Å². The van der Waals surface area contributed by atoms with Crippen molar-refractivity contribution in [1.29, 1.82) is 0 Å². The molecule has 0 amide bonds. The summed E-state index contributed by atoms with van der Waals surface area (Å²) in [5.74, 6) is 0.410. The van der Waals surface area contributed by atoms with Crippen molar-refractivity contribution in [2.75, 3.05) is 13.2 Å². The van der Waals surface area contributed by atoms with Gasteiger partial charge in [-0.25, -0.2) is 4.79 Å². The van der Waals surface area contributed by atoms with Gasteiger partial charge in [0.05, 0.1) is 6.61 Å². The minimum absolute atomic E-state index is 0.282. The van der Waals surface area contributed by atoms with Gasteiger partial charge in [0, 0.05) is 6.54 Å². The lowest BCUT2D eigenvalue weighted by Crippen LogP contribution is -2.43. The molecular formula is C10H21N3O2. The number of nitrogens with two attached hydrogens (primary N) is 1. The first-order valence-corrected chi connectivity index (χ1v) is 5.20. The Kier molecular flexibility index (Phi) is 6.49. The number of esters is 1. The van der Waals surface area contributed by atoms with Gasteiger partial charge in [0.15, 0.2) is 5.96 Å². The molecule has 0 bridgehead atoms. The molecule has 0 aromatic rings. The molecule has 0 radical (unpaired) electrons. The van der Waals surface area contributed by atoms with E-state index >= 15 is 0 Å². The molecule has 0 aromatic carbocycles. The number of nitrogens with zero attached hydrogens (tertiary/aromatic N) is 1. The van der Waals surface area contributed by atoms with Gasteiger partial charge in [0.1, 0.15) is 6.04 Å². The summed E-state index contributed by atoms with van der Waals surface area (Å²) in [5.41, 5.74) is 5.59. The Balaban J connectivity index is 3.99. The van der Waals surface area contributed by atoms with Crippen LogP contribution >= 0.6 is 0 Å². The number of hydrogen-bond donors (Lipinski definition) is 2. The minimum Gasteiger partial charge on any atom is -0.464 e. The van der Waals surface area contributed by atoms with Gasteiger partial charge < -0.3 is 15.8 Å². The maximum atomic E-state index is 11.2. The fraction of sp³-hybridized carbons (Fsp3) is 0.800. The Bertz CT molecular complexity index is 227. The Labute approximate surface area is 91.1 Å². The van der Waals surface area contributed by atoms with Crippen molar-refractivity contribution < 1.29 is 9.53 Å². The van der Waals surface area contributed by atoms with Crippen LogP contribution in [0.4, 0.5) is 0 Å². The molecule has 0 aliphatic rings. The molecule has 0 saturated heterocycles. The van der Waals surface area contributed by atoms with E-state index < -0.39 is 6.04 Å². The van der Waals surface area contributed by atoms with E-state index in [0.717, 1.165) is 0 Å². The third-order valence-electron chi connectivity index (χ3n) is 1.63. The van der Waals surface area contributed by atoms with Crippen molar-refractivity contribution in [2.45, 2.75) is 33.7 Å². The monoisotopic (exact) mass is 215 g/mol. The van der Waals surface area contributed by atoms with Crippen molar-refractivity contribution in [1.82, 2.24) is 5.32 Å². The molecule has 0 heterocycles. The predicted octanol–water partition coefficient (Wildman–Crippen LogP) is 0.498. The van der Waals surface area contributed by atoms with Crippen LogP contribution in [0, 0.1) is 5.92 Å². The Morgan fingerprint density at radius 1 is 1.47 bits per heavy atom. The summed E-state index contributed by atoms with van der Waals surface area (Å²) in [5, 5.41) is 2.77. The first-order chi connectivity index (χ1) is 6.97. The summed E-state index contributed by atoms with van der Waals surface area (Å²) in [7, 11) is 0. The van der Waals surface area contributed by atoms with Crippen LogP contribution in [0.25, 0.3) is 0 Å². The average molecular weight is 215 g/mol. The van der Waals surface area contributed by atoms with Gasteiger partial charge in [-0.15, -0.1) is 0 Å². The molecule has 15 heavy (non-hydrogen) atoms. The molecule has 0 aromatic heterocycles. The van der Waals surface area contributed by atoms with Gasteiger partial charge in [-0.3, -0.25) is 4.99 Å². The van der Waals surface area contributed by atoms with Crippen LogP contribution < -0.4 is 11.1 Å². The van der Waals surface area contributed by atoms with E-state index in [0.29, 0.717) is 19.1 Å². The molecule has 1 atom stereocenters. The lowest BCUT2D eigenvalue weighted by atomic mass is 10.2. The molecule has 0 aliphatic carbocycles. The quantitative estimate of drug-likeness (QED) is 0.398. The number of ether oxygens (including phenoxy) is 1. The number of carbonyl (C=O) groups excluding carboxylic acids is 1. The second-order valence-electron chi connectivity index (χ2n) is 3.74. The highest BCUT2D eigenvalue weighted by Crippen LogP contribution is 1.92. The number of nitrogens with one attached hydrogen (secondary N) is 1. The van der Waals surface area contributed by atoms with Crippen molar-refractivity contribution in [3.63, 3.8) is 0 Å². The van der Waals surface area contributed by atoms with Gasteiger partial charge in [-0.2, -0.15) is 0 Å². The number of aliphatic imine (C=N–C) groups is 1. The zero-order valence-electron chi connectivity index (χ0n) is 9.91. The van der Waals surface area contributed by atoms with Crippen LogP contribution in [0.1, 0.15) is 27.7 Å². The largest absolute Gasteiger partial charge is 0.464 e. The van der Waals surface area contributed by atoms with E-state index in [1.807, 2.05) is 13.8 Å². The van der Waals surface area contributed by atoms with Crippen LogP contribution in [-0.4, -0.2) is 31.1 Å². The van der Waals surface area contributed by atoms with E-state index in [2.05, 4.69) is 10.3 Å². The van der Waals surface area contributed by atoms with Crippen LogP contribution in [0.5, 0.6) is 0 Å². The maximum Gasteiger partial charge on any atom is 0.328 e. The lowest BCUT2D eigenvalue weighted by molar-refractivity contribution is -0.144. The van der Waals surface area contributed by atoms with Crippen LogP contribution in [0.3, 0.4) is 0 Å². The van der Waals surface area contributed by atoms with Gasteiger partial charge in [-0.1, -0.05) is 13.8 Å². The molecule has 1 unspecified atom stereocenters. The molecular weight excluding hydrogens is 194 g/mol. The Morgan fingerprint density at radius 2 is 2.07 bits per heavy atom. The zero-order chi connectivity index (χ0) is 11.8. The number of guanidine groups is 1. The van der Waals surface area contributed by atoms with E-state index in [1.165, 1.54) is 0 Å². The topological polar surface area (TPSA) is 76.7 Å². The second-order valence-corrected chi connectivity index (χ2v) is 3.74. The molecule has 0 aliphatic heterocycles. The fourth-order valence-corrected chi connectivity index (χ4v) is 0.875. The predicted molar refractivity (Wildman–Crippen MR) is 60.6 cm³/mol. The molecule has 0 rings (SSSR count). The molecule has 0 fully saturated rings. The zero-order valence-corrected chi connectivity index (χ0v) is 9.91. The van der Waals surface area contributed by atoms with Crippen LogP contribution in [0.2, 0.25) is 0 Å². The van der Waals surface area contributed by atoms with Crippen molar-refractivity contribution in [2.24, 2.45) is 16.6 Å². The van der Waals surface area contributed by atoms with Crippen molar-refractivity contribution >= 4 is 11.9 Å². The summed E-state index contributed by atoms with van der Waals surface area (Å²) >= 11 is 0. The summed E-state index contributed by atoms with van der Waals surface area (Å²) in [4.78, 5) is 15.3. The first kappa shape index (κ1) is 13.7. The summed E-state index contributed by atoms with van der Waals surface area (Å²) < 4.78 is 4.82. The average Bonchev–Trinajstić information content (AvgIpc) is 2.15. The molecule has 3 N–H and O–H groups in total. The first-order valence-electron chi connectivity index (χ1n) is 5.20. The van der Waals surface area contributed by atoms with E-state index in [1.54, 1.807) is 13.8 Å². The highest BCUT2D eigenvalue weighted by molar-refractivity contribution is 5.85. The highest BCUT2D eigenvalue weighted by Gasteiger charge is 2.13. The van der Waals surface area contributed by atoms with Crippen molar-refractivity contribution in [3.05, 3.63) is 0 Å². The van der Waals surface area contributed by atoms with Gasteiger partial charge in [0.25, 0.3) is 0 Å². The van der Waals surface area contributed by atoms with E-state index in [4.69, 9.17) is 10.5 Å². The van der Waals surface area contributed by atoms with Crippen LogP contribution in [0.15, 0.2) is 4.99 Å². The minimum atomic E-state index is -0.458. The fourth-order valence-electron chi connectivity index (χ4n) is 0.875. The van der Waals surface area contributed by atoms with E-state index in [-0.39, 0.29) is 11.9 Å². The third kappa shape index (κ3) is 6.76. The molecule has 0 saturated carbocycles. The number of rotatable bonds is 5. The smallest absolute Gasteiger partial charge is 0.328 e. The van der Waals surface area contributed by atoms with Gasteiger partial charge in [-0.05, 0) is 19.8 Å². The number of carbonyl (C=O) groups is 1. The highest BCUT2D eigenvalue weighted by atomic mass is 16.5. The molecule has 88 valence electrons. The van der Waals surface area contributed by atoms with Crippen molar-refractivity contribution in [3.8, 4) is 0 Å². The summed E-state index contributed by atoms with van der Waals surface area (Å²) in [6.45, 7) is 8.57. The normalized spacial score (nSPS) is 13.8. The second kappa shape index (κ2) is 7.09. The third-order valence-corrected chi connectivity index (χ3v) is 1.63. The van der Waals surface area contributed by atoms with Gasteiger partial charge in [0.2, 0.25) is 0 Å². The Hall–Kier alpha value is -1.26. The summed E-state index contributed by atoms with van der Waals surface area (Å²) in [6, 6.07) is -0.458. The summed E-state index contributed by atoms with van der Waals surface area (Å²) in [6.07, 6.45) is 0. The molecule has 5 heteroatoms. The van der Waals surface area contributed by atoms with Crippen LogP contribution in [-0.2, 0) is 9.53 Å². The standard InChI is InChI=1S/C10H21N3O2/c1-5-15-9(14)8(4)13-10(11)12-6-7(2)3/h7-8H,5-6H2,1-4H3,(H3,11,12,13). The lowest BCUT2D eigenvalue weighted by Gasteiger charge is -2.13. The molecule has 0 spiro atoms.